The predicted octanol–water partition coefficient (Wildman–Crippen LogP) is 5.07. The number of hydrogen-bond donors (Lipinski definition) is 0. The minimum atomic E-state index is -0.482. The number of epoxide rings is 1. The highest BCUT2D eigenvalue weighted by Crippen LogP contribution is 2.39. The van der Waals surface area contributed by atoms with Gasteiger partial charge >= 0.3 is 17.9 Å². The van der Waals surface area contributed by atoms with E-state index in [0.29, 0.717) is 48.1 Å². The third-order valence-electron chi connectivity index (χ3n) is 4.68. The van der Waals surface area contributed by atoms with E-state index >= 15 is 0 Å². The summed E-state index contributed by atoms with van der Waals surface area (Å²) in [5.41, 5.74) is 0.892. The Kier molecular flexibility index (Phi) is 14.4. The molecule has 4 atom stereocenters. The fourth-order valence-corrected chi connectivity index (χ4v) is 2.84. The van der Waals surface area contributed by atoms with E-state index < -0.39 is 17.9 Å². The minimum absolute atomic E-state index is 0.274. The summed E-state index contributed by atoms with van der Waals surface area (Å²) in [6.45, 7) is 25.4. The minimum Gasteiger partial charge on any atom is -0.462 e. The van der Waals surface area contributed by atoms with Crippen LogP contribution in [0, 0.1) is 5.92 Å². The molecular weight excluding hydrogens is 452 g/mol. The molecule has 35 heavy (non-hydrogen) atoms. The van der Waals surface area contributed by atoms with E-state index in [1.54, 1.807) is 27.7 Å². The molecule has 0 aromatic rings. The molecular formula is C27H44O8. The maximum absolute atomic E-state index is 11.1. The molecule has 0 radical (unpaired) electrons. The number of carbonyl (C=O) groups excluding carboxylic acids is 3. The second-order valence-corrected chi connectivity index (χ2v) is 9.76. The third kappa shape index (κ3) is 16.0. The summed E-state index contributed by atoms with van der Waals surface area (Å²) in [6, 6.07) is 0. The number of fused-ring (bicyclic) bond motifs is 1. The summed E-state index contributed by atoms with van der Waals surface area (Å²) in [5.74, 6) is -0.524. The molecule has 0 aromatic carbocycles. The summed E-state index contributed by atoms with van der Waals surface area (Å²) in [5, 5.41) is 0. The van der Waals surface area contributed by atoms with Gasteiger partial charge in [0.1, 0.15) is 5.60 Å². The van der Waals surface area contributed by atoms with E-state index in [1.165, 1.54) is 0 Å². The Hall–Kier alpha value is -2.45. The number of esters is 3. The average Bonchev–Trinajstić information content (AvgIpc) is 3.50. The van der Waals surface area contributed by atoms with Crippen LogP contribution in [0.15, 0.2) is 36.5 Å². The van der Waals surface area contributed by atoms with Crippen molar-refractivity contribution in [2.45, 2.75) is 98.8 Å². The predicted molar refractivity (Wildman–Crippen MR) is 134 cm³/mol. The Morgan fingerprint density at radius 2 is 1.46 bits per heavy atom. The molecule has 200 valence electrons. The van der Waals surface area contributed by atoms with Crippen molar-refractivity contribution in [3.05, 3.63) is 36.5 Å². The van der Waals surface area contributed by atoms with Gasteiger partial charge in [-0.05, 0) is 80.6 Å². The van der Waals surface area contributed by atoms with Crippen LogP contribution in [0.25, 0.3) is 0 Å². The molecule has 0 amide bonds. The molecule has 1 heterocycles. The Morgan fingerprint density at radius 3 is 1.86 bits per heavy atom. The normalized spacial score (nSPS) is 20.7. The maximum atomic E-state index is 11.1. The SMILES string of the molecule is C=C(C)C(=O)OC(C)(C)C.C=C(C)C(=O)OC(C)OCC.C=C(C)C(=O)OCC1CCC2OC2C1. The van der Waals surface area contributed by atoms with Crippen molar-refractivity contribution in [2.24, 2.45) is 5.92 Å². The monoisotopic (exact) mass is 496 g/mol. The zero-order chi connectivity index (χ0) is 27.3. The maximum Gasteiger partial charge on any atom is 0.335 e. The van der Waals surface area contributed by atoms with Crippen molar-refractivity contribution >= 4 is 17.9 Å². The van der Waals surface area contributed by atoms with E-state index in [-0.39, 0.29) is 11.9 Å². The quantitative estimate of drug-likeness (QED) is 0.151. The van der Waals surface area contributed by atoms with Crippen molar-refractivity contribution in [1.82, 2.24) is 0 Å². The van der Waals surface area contributed by atoms with Gasteiger partial charge in [-0.2, -0.15) is 0 Å². The molecule has 2 aliphatic rings. The van der Waals surface area contributed by atoms with E-state index in [2.05, 4.69) is 19.7 Å². The van der Waals surface area contributed by atoms with Crippen LogP contribution in [0.5, 0.6) is 0 Å². The van der Waals surface area contributed by atoms with Crippen molar-refractivity contribution in [3.8, 4) is 0 Å². The highest BCUT2D eigenvalue weighted by Gasteiger charge is 2.43. The standard InChI is InChI=1S/C11H16O3.C8H14O3.C8H14O2/c1-7(2)11(12)13-6-8-3-4-9-10(5-8)14-9;1-5-10-7(4)11-8(9)6(2)3;1-6(2)7(9)10-8(3,4)5/h8-10H,1,3-6H2,2H3;7H,2,5H2,1,3-4H3;1H2,2-5H3. The van der Waals surface area contributed by atoms with Crippen LogP contribution in [0.3, 0.4) is 0 Å². The Balaban J connectivity index is 0.000000507. The number of rotatable bonds is 8. The molecule has 0 spiro atoms. The summed E-state index contributed by atoms with van der Waals surface area (Å²) >= 11 is 0. The molecule has 2 rings (SSSR count). The first-order chi connectivity index (χ1) is 16.1. The zero-order valence-electron chi connectivity index (χ0n) is 22.7. The fraction of sp³-hybridized carbons (Fsp3) is 0.667. The molecule has 2 fully saturated rings. The van der Waals surface area contributed by atoms with Crippen LogP contribution in [0.2, 0.25) is 0 Å². The first-order valence-electron chi connectivity index (χ1n) is 11.9. The highest BCUT2D eigenvalue weighted by atomic mass is 16.7. The fourth-order valence-electron chi connectivity index (χ4n) is 2.84. The molecule has 0 N–H and O–H groups in total. The first-order valence-corrected chi connectivity index (χ1v) is 11.9. The first kappa shape index (κ1) is 32.5. The van der Waals surface area contributed by atoms with Gasteiger partial charge in [0.2, 0.25) is 0 Å². The third-order valence-corrected chi connectivity index (χ3v) is 4.68. The second kappa shape index (κ2) is 15.5. The Labute approximate surface area is 210 Å². The van der Waals surface area contributed by atoms with E-state index in [9.17, 15) is 14.4 Å². The molecule has 1 saturated carbocycles. The van der Waals surface area contributed by atoms with Crippen LogP contribution in [0.1, 0.15) is 74.7 Å². The summed E-state index contributed by atoms with van der Waals surface area (Å²) in [7, 11) is 0. The highest BCUT2D eigenvalue weighted by molar-refractivity contribution is 5.87. The number of ether oxygens (including phenoxy) is 5. The van der Waals surface area contributed by atoms with Crippen molar-refractivity contribution < 1.29 is 38.1 Å². The second-order valence-electron chi connectivity index (χ2n) is 9.76. The lowest BCUT2D eigenvalue weighted by Crippen LogP contribution is -2.23. The van der Waals surface area contributed by atoms with Crippen LogP contribution in [0.4, 0.5) is 0 Å². The van der Waals surface area contributed by atoms with Gasteiger partial charge in [0.25, 0.3) is 0 Å². The lowest BCUT2D eigenvalue weighted by molar-refractivity contribution is -0.169. The smallest absolute Gasteiger partial charge is 0.335 e. The van der Waals surface area contributed by atoms with E-state index in [4.69, 9.17) is 23.7 Å². The molecule has 8 heteroatoms. The average molecular weight is 497 g/mol. The van der Waals surface area contributed by atoms with Crippen LogP contribution >= 0.6 is 0 Å². The zero-order valence-corrected chi connectivity index (χ0v) is 22.7. The molecule has 0 bridgehead atoms. The molecule has 8 nitrogen and oxygen atoms in total. The summed E-state index contributed by atoms with van der Waals surface area (Å²) in [6.07, 6.45) is 3.78. The van der Waals surface area contributed by atoms with Gasteiger partial charge in [-0.3, -0.25) is 0 Å². The summed E-state index contributed by atoms with van der Waals surface area (Å²) < 4.78 is 25.3. The van der Waals surface area contributed by atoms with Gasteiger partial charge in [-0.25, -0.2) is 14.4 Å². The number of hydrogen-bond acceptors (Lipinski definition) is 8. The van der Waals surface area contributed by atoms with E-state index in [0.717, 1.165) is 19.3 Å². The Morgan fingerprint density at radius 1 is 0.914 bits per heavy atom. The molecule has 4 unspecified atom stereocenters. The van der Waals surface area contributed by atoms with Gasteiger partial charge in [-0.1, -0.05) is 19.7 Å². The summed E-state index contributed by atoms with van der Waals surface area (Å²) in [4.78, 5) is 32.8. The van der Waals surface area contributed by atoms with Crippen LogP contribution in [-0.2, 0) is 38.1 Å². The van der Waals surface area contributed by atoms with E-state index in [1.807, 2.05) is 27.7 Å². The van der Waals surface area contributed by atoms with Gasteiger partial charge in [-0.15, -0.1) is 0 Å². The molecule has 1 aliphatic heterocycles. The van der Waals surface area contributed by atoms with Gasteiger partial charge in [0.15, 0.2) is 6.29 Å². The van der Waals surface area contributed by atoms with Crippen molar-refractivity contribution in [1.29, 1.82) is 0 Å². The van der Waals surface area contributed by atoms with Crippen molar-refractivity contribution in [2.75, 3.05) is 13.2 Å². The van der Waals surface area contributed by atoms with Crippen molar-refractivity contribution in [3.63, 3.8) is 0 Å². The topological polar surface area (TPSA) is 101 Å². The molecule has 0 aromatic heterocycles. The molecule has 1 aliphatic carbocycles. The van der Waals surface area contributed by atoms with Gasteiger partial charge < -0.3 is 23.7 Å². The largest absolute Gasteiger partial charge is 0.462 e. The van der Waals surface area contributed by atoms with Crippen LogP contribution < -0.4 is 0 Å². The lowest BCUT2D eigenvalue weighted by atomic mass is 9.90. The lowest BCUT2D eigenvalue weighted by Gasteiger charge is -2.19. The van der Waals surface area contributed by atoms with Gasteiger partial charge in [0.05, 0.1) is 18.8 Å². The number of carbonyl (C=O) groups is 3. The molecule has 1 saturated heterocycles. The Bertz CT molecular complexity index is 762. The van der Waals surface area contributed by atoms with Gasteiger partial charge in [0, 0.05) is 23.3 Å². The van der Waals surface area contributed by atoms with Crippen LogP contribution in [-0.4, -0.2) is 55.2 Å².